The van der Waals surface area contributed by atoms with Crippen LogP contribution in [-0.2, 0) is 16.8 Å². The molecule has 1 N–H and O–H groups in total. The van der Waals surface area contributed by atoms with E-state index in [1.807, 2.05) is 6.08 Å². The van der Waals surface area contributed by atoms with Gasteiger partial charge in [-0.3, -0.25) is 4.79 Å². The Labute approximate surface area is 187 Å². The minimum atomic E-state index is -4.93. The molecule has 1 amide bonds. The van der Waals surface area contributed by atoms with Crippen LogP contribution in [0.5, 0.6) is 11.5 Å². The third-order valence-electron chi connectivity index (χ3n) is 7.44. The van der Waals surface area contributed by atoms with Crippen LogP contribution in [0.4, 0.5) is 13.2 Å². The Hall–Kier alpha value is -2.00. The zero-order valence-electron chi connectivity index (χ0n) is 19.0. The summed E-state index contributed by atoms with van der Waals surface area (Å²) in [6, 6.07) is 3.51. The van der Waals surface area contributed by atoms with E-state index in [9.17, 15) is 23.1 Å². The first-order valence-electron chi connectivity index (χ1n) is 10.9. The van der Waals surface area contributed by atoms with E-state index in [-0.39, 0.29) is 24.5 Å². The Bertz CT molecular complexity index is 969. The van der Waals surface area contributed by atoms with E-state index in [0.717, 1.165) is 10.5 Å². The molecule has 1 aromatic carbocycles. The summed E-state index contributed by atoms with van der Waals surface area (Å²) < 4.78 is 52.5. The second-order valence-electron chi connectivity index (χ2n) is 10.6. The van der Waals surface area contributed by atoms with E-state index in [2.05, 4.69) is 33.9 Å². The lowest BCUT2D eigenvalue weighted by Crippen LogP contribution is -2.45. The minimum Gasteiger partial charge on any atom is -0.541 e. The molecule has 0 unspecified atom stereocenters. The topological polar surface area (TPSA) is 59.0 Å². The Balaban J connectivity index is 1.83. The number of ether oxygens (including phenoxy) is 1. The maximum absolute atomic E-state index is 13.2. The molecular formula is C23H30F3NO4Si. The molecule has 5 nitrogen and oxygen atoms in total. The van der Waals surface area contributed by atoms with Gasteiger partial charge in [0.1, 0.15) is 11.9 Å². The Morgan fingerprint density at radius 2 is 1.97 bits per heavy atom. The van der Waals surface area contributed by atoms with Crippen molar-refractivity contribution in [3.8, 4) is 11.5 Å². The number of hydrogen-bond donors (Lipinski definition) is 1. The fourth-order valence-corrected chi connectivity index (χ4v) is 5.65. The van der Waals surface area contributed by atoms with Gasteiger partial charge in [0.25, 0.3) is 8.32 Å². The fraction of sp³-hybridized carbons (Fsp3) is 0.609. The van der Waals surface area contributed by atoms with Gasteiger partial charge in [-0.1, -0.05) is 39.0 Å². The summed E-state index contributed by atoms with van der Waals surface area (Å²) in [6.07, 6.45) is -1.89. The average molecular weight is 470 g/mol. The van der Waals surface area contributed by atoms with Crippen molar-refractivity contribution in [2.45, 2.75) is 82.1 Å². The molecule has 32 heavy (non-hydrogen) atoms. The number of benzene rings is 1. The van der Waals surface area contributed by atoms with E-state index < -0.39 is 38.0 Å². The lowest BCUT2D eigenvalue weighted by molar-refractivity contribution is -0.186. The van der Waals surface area contributed by atoms with Crippen LogP contribution in [0.3, 0.4) is 0 Å². The molecule has 2 heterocycles. The number of hydrogen-bond acceptors (Lipinski definition) is 4. The zero-order chi connectivity index (χ0) is 23.7. The summed E-state index contributed by atoms with van der Waals surface area (Å²) in [6.45, 7) is 10.4. The highest BCUT2D eigenvalue weighted by Gasteiger charge is 2.55. The van der Waals surface area contributed by atoms with Gasteiger partial charge in [-0.05, 0) is 36.2 Å². The van der Waals surface area contributed by atoms with Crippen molar-refractivity contribution in [3.05, 3.63) is 35.4 Å². The quantitative estimate of drug-likeness (QED) is 0.505. The van der Waals surface area contributed by atoms with Crippen LogP contribution in [0.15, 0.2) is 24.3 Å². The first-order valence-corrected chi connectivity index (χ1v) is 13.8. The van der Waals surface area contributed by atoms with E-state index in [1.54, 1.807) is 18.2 Å². The molecule has 0 aromatic heterocycles. The SMILES string of the molecule is CC(C)(C)[Si](C)(C)Oc1ccc2c3c1O[C@H]1C[C@@H](O)C=C[C@@]31CCN(C(=O)C(F)(F)F)C2. The van der Waals surface area contributed by atoms with Crippen LogP contribution in [-0.4, -0.2) is 49.2 Å². The summed E-state index contributed by atoms with van der Waals surface area (Å²) in [5.41, 5.74) is 0.720. The van der Waals surface area contributed by atoms with Crippen LogP contribution >= 0.6 is 0 Å². The number of carbonyl (C=O) groups is 1. The lowest BCUT2D eigenvalue weighted by Gasteiger charge is -2.37. The van der Waals surface area contributed by atoms with Gasteiger partial charge >= 0.3 is 12.1 Å². The first kappa shape index (κ1) is 23.2. The molecule has 1 spiro atoms. The number of amides is 1. The number of rotatable bonds is 2. The molecule has 0 radical (unpaired) electrons. The second kappa shape index (κ2) is 7.25. The highest BCUT2D eigenvalue weighted by atomic mass is 28.4. The molecule has 0 fully saturated rings. The molecular weight excluding hydrogens is 439 g/mol. The third kappa shape index (κ3) is 3.63. The third-order valence-corrected chi connectivity index (χ3v) is 11.8. The minimum absolute atomic E-state index is 0.0504. The fourth-order valence-electron chi connectivity index (χ4n) is 4.64. The number of alkyl halides is 3. The second-order valence-corrected chi connectivity index (χ2v) is 15.3. The van der Waals surface area contributed by atoms with Crippen molar-refractivity contribution in [1.82, 2.24) is 4.90 Å². The van der Waals surface area contributed by atoms with E-state index in [4.69, 9.17) is 9.16 Å². The van der Waals surface area contributed by atoms with Gasteiger partial charge in [-0.25, -0.2) is 0 Å². The van der Waals surface area contributed by atoms with Crippen molar-refractivity contribution in [3.63, 3.8) is 0 Å². The van der Waals surface area contributed by atoms with Gasteiger partial charge in [0.15, 0.2) is 5.75 Å². The Morgan fingerprint density at radius 1 is 1.28 bits per heavy atom. The van der Waals surface area contributed by atoms with E-state index in [1.165, 1.54) is 0 Å². The van der Waals surface area contributed by atoms with E-state index >= 15 is 0 Å². The van der Waals surface area contributed by atoms with Crippen LogP contribution in [0, 0.1) is 0 Å². The monoisotopic (exact) mass is 469 g/mol. The normalized spacial score (nSPS) is 27.3. The van der Waals surface area contributed by atoms with Gasteiger partial charge < -0.3 is 19.2 Å². The predicted octanol–water partition coefficient (Wildman–Crippen LogP) is 4.68. The van der Waals surface area contributed by atoms with Crippen LogP contribution < -0.4 is 9.16 Å². The van der Waals surface area contributed by atoms with Crippen molar-refractivity contribution < 1.29 is 32.2 Å². The van der Waals surface area contributed by atoms with Crippen molar-refractivity contribution >= 4 is 14.2 Å². The molecule has 3 aliphatic rings. The highest BCUT2D eigenvalue weighted by Crippen LogP contribution is 2.56. The molecule has 0 saturated carbocycles. The van der Waals surface area contributed by atoms with Gasteiger partial charge in [-0.2, -0.15) is 13.2 Å². The first-order chi connectivity index (χ1) is 14.7. The maximum Gasteiger partial charge on any atom is 0.471 e. The summed E-state index contributed by atoms with van der Waals surface area (Å²) in [7, 11) is -2.21. The molecule has 1 aromatic rings. The predicted molar refractivity (Wildman–Crippen MR) is 116 cm³/mol. The highest BCUT2D eigenvalue weighted by molar-refractivity contribution is 6.74. The molecule has 2 aliphatic heterocycles. The maximum atomic E-state index is 13.2. The average Bonchev–Trinajstić information content (AvgIpc) is 2.89. The molecule has 4 rings (SSSR count). The van der Waals surface area contributed by atoms with Crippen molar-refractivity contribution in [1.29, 1.82) is 0 Å². The lowest BCUT2D eigenvalue weighted by atomic mass is 9.69. The van der Waals surface area contributed by atoms with E-state index in [0.29, 0.717) is 23.5 Å². The molecule has 1 aliphatic carbocycles. The van der Waals surface area contributed by atoms with Gasteiger partial charge in [-0.15, -0.1) is 0 Å². The van der Waals surface area contributed by atoms with Gasteiger partial charge in [0, 0.05) is 25.1 Å². The summed E-state index contributed by atoms with van der Waals surface area (Å²) in [5.74, 6) is -0.707. The van der Waals surface area contributed by atoms with Crippen LogP contribution in [0.2, 0.25) is 18.1 Å². The summed E-state index contributed by atoms with van der Waals surface area (Å²) in [5, 5.41) is 10.2. The summed E-state index contributed by atoms with van der Waals surface area (Å²) in [4.78, 5) is 12.9. The number of aliphatic hydroxyl groups excluding tert-OH is 1. The smallest absolute Gasteiger partial charge is 0.471 e. The zero-order valence-corrected chi connectivity index (χ0v) is 20.0. The Kier molecular flexibility index (Phi) is 5.25. The number of halogens is 3. The van der Waals surface area contributed by atoms with Crippen LogP contribution in [0.1, 0.15) is 44.7 Å². The number of nitrogens with zero attached hydrogens (tertiary/aromatic N) is 1. The standard InChI is InChI=1S/C23H30F3NO4Si/c1-21(2,3)32(4,5)31-16-7-6-14-13-27(20(29)23(24,25)26)11-10-22-9-8-15(28)12-17(22)30-19(16)18(14)22/h6-9,15,17,28H,10-13H2,1-5H3/t15-,17-,22-/m0/s1. The molecule has 176 valence electrons. The summed E-state index contributed by atoms with van der Waals surface area (Å²) >= 11 is 0. The molecule has 9 heteroatoms. The molecule has 3 atom stereocenters. The number of carbonyl (C=O) groups excluding carboxylic acids is 1. The molecule has 0 saturated heterocycles. The Morgan fingerprint density at radius 3 is 2.59 bits per heavy atom. The molecule has 0 bridgehead atoms. The number of aliphatic hydroxyl groups is 1. The largest absolute Gasteiger partial charge is 0.541 e. The van der Waals surface area contributed by atoms with Crippen molar-refractivity contribution in [2.24, 2.45) is 0 Å². The van der Waals surface area contributed by atoms with Gasteiger partial charge in [0.2, 0.25) is 0 Å². The van der Waals surface area contributed by atoms with Gasteiger partial charge in [0.05, 0.1) is 11.5 Å². The van der Waals surface area contributed by atoms with Crippen LogP contribution in [0.25, 0.3) is 0 Å². The van der Waals surface area contributed by atoms with Crippen molar-refractivity contribution in [2.75, 3.05) is 6.54 Å².